The number of hydrogen-bond acceptors (Lipinski definition) is 2. The fourth-order valence-electron chi connectivity index (χ4n) is 2.68. The molecule has 2 unspecified atom stereocenters. The Morgan fingerprint density at radius 3 is 2.71 bits per heavy atom. The van der Waals surface area contributed by atoms with Crippen molar-refractivity contribution >= 4 is 0 Å². The zero-order valence-electron chi connectivity index (χ0n) is 9.51. The summed E-state index contributed by atoms with van der Waals surface area (Å²) in [6.07, 6.45) is 7.24. The summed E-state index contributed by atoms with van der Waals surface area (Å²) in [5.74, 6) is 0.922. The minimum atomic E-state index is 0.153. The van der Waals surface area contributed by atoms with Crippen molar-refractivity contribution in [1.29, 1.82) is 0 Å². The van der Waals surface area contributed by atoms with Gasteiger partial charge in [0.05, 0.1) is 11.7 Å². The van der Waals surface area contributed by atoms with E-state index in [1.165, 1.54) is 32.1 Å². The molecular weight excluding hydrogens is 174 g/mol. The van der Waals surface area contributed by atoms with E-state index >= 15 is 0 Å². The second kappa shape index (κ2) is 4.19. The Morgan fingerprint density at radius 2 is 2.14 bits per heavy atom. The van der Waals surface area contributed by atoms with Crippen molar-refractivity contribution in [3.63, 3.8) is 0 Å². The van der Waals surface area contributed by atoms with Gasteiger partial charge >= 0.3 is 0 Å². The Hall–Kier alpha value is -0.0800. The van der Waals surface area contributed by atoms with Crippen LogP contribution in [0.15, 0.2) is 0 Å². The van der Waals surface area contributed by atoms with Crippen molar-refractivity contribution in [3.8, 4) is 0 Å². The van der Waals surface area contributed by atoms with Gasteiger partial charge in [0.25, 0.3) is 0 Å². The van der Waals surface area contributed by atoms with Gasteiger partial charge in [-0.3, -0.25) is 0 Å². The molecule has 2 heteroatoms. The topological polar surface area (TPSA) is 21.3 Å². The summed E-state index contributed by atoms with van der Waals surface area (Å²) >= 11 is 0. The minimum absolute atomic E-state index is 0.153. The maximum Gasteiger partial charge on any atom is 0.0905 e. The van der Waals surface area contributed by atoms with Crippen LogP contribution in [0.2, 0.25) is 0 Å². The predicted octanol–water partition coefficient (Wildman–Crippen LogP) is 2.33. The smallest absolute Gasteiger partial charge is 0.0905 e. The third-order valence-corrected chi connectivity index (χ3v) is 3.76. The van der Waals surface area contributed by atoms with Crippen LogP contribution in [-0.2, 0) is 4.74 Å². The summed E-state index contributed by atoms with van der Waals surface area (Å²) in [5.41, 5.74) is 0.153. The normalized spacial score (nSPS) is 36.4. The molecule has 1 N–H and O–H groups in total. The molecule has 0 aromatic rings. The first-order valence-corrected chi connectivity index (χ1v) is 6.10. The van der Waals surface area contributed by atoms with Gasteiger partial charge in [-0.05, 0) is 25.7 Å². The molecule has 82 valence electrons. The highest BCUT2D eigenvalue weighted by Gasteiger charge is 2.36. The molecule has 0 bridgehead atoms. The van der Waals surface area contributed by atoms with Gasteiger partial charge in [0.15, 0.2) is 0 Å². The maximum atomic E-state index is 6.18. The van der Waals surface area contributed by atoms with Crippen molar-refractivity contribution in [2.24, 2.45) is 5.92 Å². The van der Waals surface area contributed by atoms with Crippen molar-refractivity contribution in [2.75, 3.05) is 13.1 Å². The SMILES string of the molecule is CCC1CCCC(OC2(C)CNC2)C1. The van der Waals surface area contributed by atoms with Gasteiger partial charge in [-0.15, -0.1) is 0 Å². The quantitative estimate of drug-likeness (QED) is 0.750. The van der Waals surface area contributed by atoms with Gasteiger partial charge in [0, 0.05) is 13.1 Å². The lowest BCUT2D eigenvalue weighted by Gasteiger charge is -2.43. The molecular formula is C12H23NO. The van der Waals surface area contributed by atoms with Gasteiger partial charge in [0.1, 0.15) is 0 Å². The van der Waals surface area contributed by atoms with Gasteiger partial charge in [-0.2, -0.15) is 0 Å². The Labute approximate surface area is 87.4 Å². The molecule has 0 aromatic heterocycles. The van der Waals surface area contributed by atoms with Crippen LogP contribution in [0.25, 0.3) is 0 Å². The van der Waals surface area contributed by atoms with Crippen LogP contribution in [0.3, 0.4) is 0 Å². The standard InChI is InChI=1S/C12H23NO/c1-3-10-5-4-6-11(7-10)14-12(2)8-13-9-12/h10-11,13H,3-9H2,1-2H3. The van der Waals surface area contributed by atoms with Crippen molar-refractivity contribution in [1.82, 2.24) is 5.32 Å². The van der Waals surface area contributed by atoms with E-state index in [2.05, 4.69) is 19.2 Å². The molecule has 2 aliphatic rings. The third kappa shape index (κ3) is 2.29. The van der Waals surface area contributed by atoms with Crippen LogP contribution in [0.1, 0.15) is 46.0 Å². The van der Waals surface area contributed by atoms with E-state index < -0.39 is 0 Å². The van der Waals surface area contributed by atoms with Gasteiger partial charge < -0.3 is 10.1 Å². The molecule has 2 fully saturated rings. The Bertz CT molecular complexity index is 189. The first-order valence-electron chi connectivity index (χ1n) is 6.10. The summed E-state index contributed by atoms with van der Waals surface area (Å²) in [4.78, 5) is 0. The first-order chi connectivity index (χ1) is 6.72. The highest BCUT2D eigenvalue weighted by atomic mass is 16.5. The molecule has 1 aliphatic carbocycles. The molecule has 2 rings (SSSR count). The van der Waals surface area contributed by atoms with Crippen LogP contribution < -0.4 is 5.32 Å². The van der Waals surface area contributed by atoms with E-state index in [9.17, 15) is 0 Å². The molecule has 0 radical (unpaired) electrons. The van der Waals surface area contributed by atoms with Crippen molar-refractivity contribution in [2.45, 2.75) is 57.7 Å². The number of rotatable bonds is 3. The Morgan fingerprint density at radius 1 is 1.36 bits per heavy atom. The number of nitrogens with one attached hydrogen (secondary N) is 1. The third-order valence-electron chi connectivity index (χ3n) is 3.76. The van der Waals surface area contributed by atoms with Crippen LogP contribution in [0, 0.1) is 5.92 Å². The highest BCUT2D eigenvalue weighted by molar-refractivity contribution is 4.91. The van der Waals surface area contributed by atoms with Gasteiger partial charge in [0.2, 0.25) is 0 Å². The van der Waals surface area contributed by atoms with Crippen molar-refractivity contribution in [3.05, 3.63) is 0 Å². The fourth-order valence-corrected chi connectivity index (χ4v) is 2.68. The lowest BCUT2D eigenvalue weighted by Crippen LogP contribution is -2.60. The average molecular weight is 197 g/mol. The Kier molecular flexibility index (Phi) is 3.13. The maximum absolute atomic E-state index is 6.18. The zero-order chi connectivity index (χ0) is 10.0. The lowest BCUT2D eigenvalue weighted by molar-refractivity contribution is -0.126. The molecule has 2 nitrogen and oxygen atoms in total. The fraction of sp³-hybridized carbons (Fsp3) is 1.00. The molecule has 1 saturated heterocycles. The van der Waals surface area contributed by atoms with Crippen LogP contribution in [-0.4, -0.2) is 24.8 Å². The van der Waals surface area contributed by atoms with E-state index in [0.29, 0.717) is 6.10 Å². The van der Waals surface area contributed by atoms with E-state index in [1.54, 1.807) is 0 Å². The largest absolute Gasteiger partial charge is 0.369 e. The van der Waals surface area contributed by atoms with Gasteiger partial charge in [-0.25, -0.2) is 0 Å². The molecule has 2 atom stereocenters. The van der Waals surface area contributed by atoms with Crippen LogP contribution >= 0.6 is 0 Å². The summed E-state index contributed by atoms with van der Waals surface area (Å²) in [6, 6.07) is 0. The second-order valence-corrected chi connectivity index (χ2v) is 5.23. The lowest BCUT2D eigenvalue weighted by atomic mass is 9.85. The summed E-state index contributed by atoms with van der Waals surface area (Å²) in [7, 11) is 0. The second-order valence-electron chi connectivity index (χ2n) is 5.23. The average Bonchev–Trinajstić information content (AvgIpc) is 2.16. The molecule has 0 amide bonds. The summed E-state index contributed by atoms with van der Waals surface area (Å²) < 4.78 is 6.18. The van der Waals surface area contributed by atoms with E-state index in [4.69, 9.17) is 4.74 Å². The molecule has 1 heterocycles. The summed E-state index contributed by atoms with van der Waals surface area (Å²) in [6.45, 7) is 6.62. The molecule has 0 aromatic carbocycles. The molecule has 1 aliphatic heterocycles. The molecule has 0 spiro atoms. The van der Waals surface area contributed by atoms with E-state index in [1.807, 2.05) is 0 Å². The summed E-state index contributed by atoms with van der Waals surface area (Å²) in [5, 5.41) is 3.29. The molecule has 14 heavy (non-hydrogen) atoms. The van der Waals surface area contributed by atoms with Crippen molar-refractivity contribution < 1.29 is 4.74 Å². The highest BCUT2D eigenvalue weighted by Crippen LogP contribution is 2.31. The number of hydrogen-bond donors (Lipinski definition) is 1. The molecule has 1 saturated carbocycles. The van der Waals surface area contributed by atoms with E-state index in [0.717, 1.165) is 19.0 Å². The van der Waals surface area contributed by atoms with Crippen LogP contribution in [0.5, 0.6) is 0 Å². The monoisotopic (exact) mass is 197 g/mol. The van der Waals surface area contributed by atoms with Crippen LogP contribution in [0.4, 0.5) is 0 Å². The number of ether oxygens (including phenoxy) is 1. The minimum Gasteiger partial charge on any atom is -0.369 e. The predicted molar refractivity (Wildman–Crippen MR) is 58.4 cm³/mol. The zero-order valence-corrected chi connectivity index (χ0v) is 9.51. The van der Waals surface area contributed by atoms with E-state index in [-0.39, 0.29) is 5.60 Å². The first kappa shape index (κ1) is 10.4. The Balaban J connectivity index is 1.79. The van der Waals surface area contributed by atoms with Gasteiger partial charge in [-0.1, -0.05) is 26.2 Å².